The van der Waals surface area contributed by atoms with Gasteiger partial charge < -0.3 is 15.3 Å². The lowest BCUT2D eigenvalue weighted by Crippen LogP contribution is -2.05. The Morgan fingerprint density at radius 3 is 2.30 bits per heavy atom. The summed E-state index contributed by atoms with van der Waals surface area (Å²) in [5.74, 6) is -2.07. The molecule has 0 saturated heterocycles. The molecule has 0 aliphatic heterocycles. The van der Waals surface area contributed by atoms with E-state index in [1.165, 1.54) is 0 Å². The van der Waals surface area contributed by atoms with Crippen molar-refractivity contribution in [2.45, 2.75) is 6.42 Å². The average Bonchev–Trinajstić information content (AvgIpc) is 2.17. The summed E-state index contributed by atoms with van der Waals surface area (Å²) in [5.41, 5.74) is 0. The zero-order valence-electron chi connectivity index (χ0n) is 5.24. The first kappa shape index (κ1) is 7.08. The van der Waals surface area contributed by atoms with Gasteiger partial charge in [-0.15, -0.1) is 0 Å². The van der Waals surface area contributed by atoms with E-state index in [2.05, 4.69) is 0 Å². The van der Waals surface area contributed by atoms with Gasteiger partial charge in [-0.1, -0.05) is 0 Å². The van der Waals surface area contributed by atoms with E-state index >= 15 is 0 Å². The molecule has 1 aliphatic rings. The van der Waals surface area contributed by atoms with Crippen LogP contribution in [0.2, 0.25) is 0 Å². The molecule has 0 saturated carbocycles. The van der Waals surface area contributed by atoms with Crippen LogP contribution in [0.5, 0.6) is 0 Å². The van der Waals surface area contributed by atoms with Gasteiger partial charge in [0.25, 0.3) is 0 Å². The Balaban J connectivity index is 2.83. The van der Waals surface area contributed by atoms with E-state index in [9.17, 15) is 4.79 Å². The Morgan fingerprint density at radius 2 is 2.10 bits per heavy atom. The highest BCUT2D eigenvalue weighted by atomic mass is 16.3. The van der Waals surface area contributed by atoms with Crippen LogP contribution in [0.25, 0.3) is 0 Å². The van der Waals surface area contributed by atoms with Gasteiger partial charge in [-0.2, -0.15) is 0 Å². The first-order chi connectivity index (χ1) is 4.66. The van der Waals surface area contributed by atoms with Crippen molar-refractivity contribution in [2.75, 3.05) is 6.61 Å². The van der Waals surface area contributed by atoms with E-state index in [1.54, 1.807) is 0 Å². The molecular formula is C6H8O4. The van der Waals surface area contributed by atoms with Crippen molar-refractivity contribution in [1.29, 1.82) is 0 Å². The number of hydrogen-bond donors (Lipinski definition) is 3. The molecule has 1 atom stereocenters. The van der Waals surface area contributed by atoms with E-state index in [-0.39, 0.29) is 18.8 Å². The van der Waals surface area contributed by atoms with E-state index in [0.717, 1.165) is 0 Å². The number of carbonyl (C=O) groups is 1. The maximum absolute atomic E-state index is 10.6. The standard InChI is InChI=1S/C6H8O4/c7-2-3-1-4(8)6(10)5(3)9/h3,7,9-10H,1-2H2. The van der Waals surface area contributed by atoms with Gasteiger partial charge >= 0.3 is 0 Å². The largest absolute Gasteiger partial charge is 0.508 e. The second-order valence-electron chi connectivity index (χ2n) is 2.24. The summed E-state index contributed by atoms with van der Waals surface area (Å²) in [7, 11) is 0. The van der Waals surface area contributed by atoms with Crippen LogP contribution in [0.15, 0.2) is 11.5 Å². The number of aliphatic hydroxyl groups is 3. The molecule has 0 fully saturated rings. The highest BCUT2D eigenvalue weighted by Crippen LogP contribution is 2.24. The maximum Gasteiger partial charge on any atom is 0.201 e. The predicted molar refractivity (Wildman–Crippen MR) is 32.5 cm³/mol. The number of Topliss-reactive ketones (excluding diaryl/α,β-unsaturated/α-hetero) is 1. The molecule has 4 heteroatoms. The van der Waals surface area contributed by atoms with Crippen LogP contribution < -0.4 is 0 Å². The predicted octanol–water partition coefficient (Wildman–Crippen LogP) is -0.105. The van der Waals surface area contributed by atoms with Gasteiger partial charge in [0, 0.05) is 6.42 Å². The fraction of sp³-hybridized carbons (Fsp3) is 0.500. The summed E-state index contributed by atoms with van der Waals surface area (Å²) in [6, 6.07) is 0. The number of rotatable bonds is 1. The lowest BCUT2D eigenvalue weighted by Gasteiger charge is -2.01. The maximum atomic E-state index is 10.6. The van der Waals surface area contributed by atoms with E-state index in [0.29, 0.717) is 0 Å². The molecule has 4 nitrogen and oxygen atoms in total. The Kier molecular flexibility index (Phi) is 1.63. The van der Waals surface area contributed by atoms with Gasteiger partial charge in [0.15, 0.2) is 5.76 Å². The Bertz CT molecular complexity index is 194. The topological polar surface area (TPSA) is 77.8 Å². The minimum Gasteiger partial charge on any atom is -0.508 e. The van der Waals surface area contributed by atoms with Crippen LogP contribution in [-0.2, 0) is 4.79 Å². The van der Waals surface area contributed by atoms with Gasteiger partial charge in [-0.25, -0.2) is 0 Å². The molecule has 10 heavy (non-hydrogen) atoms. The molecule has 0 amide bonds. The fourth-order valence-electron chi connectivity index (χ4n) is 0.904. The number of aliphatic hydroxyl groups excluding tert-OH is 3. The zero-order chi connectivity index (χ0) is 7.72. The molecule has 1 unspecified atom stereocenters. The molecule has 0 spiro atoms. The SMILES string of the molecule is O=C1CC(CO)C(O)=C1O. The van der Waals surface area contributed by atoms with Crippen LogP contribution in [0.4, 0.5) is 0 Å². The van der Waals surface area contributed by atoms with Crippen LogP contribution in [0.3, 0.4) is 0 Å². The smallest absolute Gasteiger partial charge is 0.201 e. The highest BCUT2D eigenvalue weighted by molar-refractivity contribution is 5.96. The molecular weight excluding hydrogens is 136 g/mol. The van der Waals surface area contributed by atoms with Crippen molar-refractivity contribution >= 4 is 5.78 Å². The Morgan fingerprint density at radius 1 is 1.50 bits per heavy atom. The number of ketones is 1. The van der Waals surface area contributed by atoms with Crippen molar-refractivity contribution in [3.8, 4) is 0 Å². The molecule has 1 aliphatic carbocycles. The molecule has 0 heterocycles. The quantitative estimate of drug-likeness (QED) is 0.480. The summed E-state index contributed by atoms with van der Waals surface area (Å²) < 4.78 is 0. The van der Waals surface area contributed by atoms with E-state index < -0.39 is 17.5 Å². The molecule has 3 N–H and O–H groups in total. The van der Waals surface area contributed by atoms with Crippen molar-refractivity contribution in [3.05, 3.63) is 11.5 Å². The zero-order valence-corrected chi connectivity index (χ0v) is 5.24. The van der Waals surface area contributed by atoms with Crippen molar-refractivity contribution in [2.24, 2.45) is 5.92 Å². The van der Waals surface area contributed by atoms with Crippen LogP contribution in [0.1, 0.15) is 6.42 Å². The van der Waals surface area contributed by atoms with Crippen LogP contribution >= 0.6 is 0 Å². The third-order valence-electron chi connectivity index (χ3n) is 1.55. The first-order valence-corrected chi connectivity index (χ1v) is 2.93. The monoisotopic (exact) mass is 144 g/mol. The lowest BCUT2D eigenvalue weighted by molar-refractivity contribution is -0.117. The van der Waals surface area contributed by atoms with Gasteiger partial charge in [0.1, 0.15) is 5.76 Å². The second-order valence-corrected chi connectivity index (χ2v) is 2.24. The number of allylic oxidation sites excluding steroid dienone is 1. The molecule has 0 radical (unpaired) electrons. The average molecular weight is 144 g/mol. The third kappa shape index (κ3) is 0.863. The lowest BCUT2D eigenvalue weighted by atomic mass is 10.1. The second kappa shape index (κ2) is 2.30. The summed E-state index contributed by atoms with van der Waals surface area (Å²) in [5, 5.41) is 26.1. The van der Waals surface area contributed by atoms with Gasteiger partial charge in [-0.05, 0) is 0 Å². The molecule has 1 rings (SSSR count). The molecule has 56 valence electrons. The third-order valence-corrected chi connectivity index (χ3v) is 1.55. The van der Waals surface area contributed by atoms with E-state index in [4.69, 9.17) is 15.3 Å². The first-order valence-electron chi connectivity index (χ1n) is 2.93. The number of hydrogen-bond acceptors (Lipinski definition) is 4. The Hall–Kier alpha value is -1.03. The molecule has 0 bridgehead atoms. The van der Waals surface area contributed by atoms with Crippen LogP contribution in [0, 0.1) is 5.92 Å². The summed E-state index contributed by atoms with van der Waals surface area (Å²) >= 11 is 0. The summed E-state index contributed by atoms with van der Waals surface area (Å²) in [6.45, 7) is -0.304. The minimum atomic E-state index is -0.598. The Labute approximate surface area is 57.4 Å². The number of carbonyl (C=O) groups excluding carboxylic acids is 1. The van der Waals surface area contributed by atoms with Gasteiger partial charge in [0.2, 0.25) is 5.78 Å². The van der Waals surface area contributed by atoms with Crippen molar-refractivity contribution in [3.63, 3.8) is 0 Å². The fourth-order valence-corrected chi connectivity index (χ4v) is 0.904. The van der Waals surface area contributed by atoms with Crippen molar-refractivity contribution < 1.29 is 20.1 Å². The van der Waals surface area contributed by atoms with Gasteiger partial charge in [0.05, 0.1) is 12.5 Å². The highest BCUT2D eigenvalue weighted by Gasteiger charge is 2.31. The molecule has 0 aromatic carbocycles. The van der Waals surface area contributed by atoms with Crippen molar-refractivity contribution in [1.82, 2.24) is 0 Å². The molecule has 0 aromatic heterocycles. The minimum absolute atomic E-state index is 0.00810. The summed E-state index contributed by atoms with van der Waals surface area (Å²) in [6.07, 6.45) is 0.00810. The van der Waals surface area contributed by atoms with Gasteiger partial charge in [-0.3, -0.25) is 4.79 Å². The molecule has 0 aromatic rings. The normalized spacial score (nSPS) is 26.1. The summed E-state index contributed by atoms with van der Waals surface area (Å²) in [4.78, 5) is 10.6. The van der Waals surface area contributed by atoms with E-state index in [1.807, 2.05) is 0 Å². The van der Waals surface area contributed by atoms with Crippen LogP contribution in [-0.4, -0.2) is 27.7 Å².